The Morgan fingerprint density at radius 1 is 0.622 bits per heavy atom. The first-order valence-corrected chi connectivity index (χ1v) is 28.5. The zero-order valence-electron chi connectivity index (χ0n) is 47.6. The van der Waals surface area contributed by atoms with Crippen LogP contribution in [0.5, 0.6) is 11.8 Å². The molecule has 3 aromatic heterocycles. The second-order valence-electron chi connectivity index (χ2n) is 23.8. The Kier molecular flexibility index (Phi) is 14.0. The van der Waals surface area contributed by atoms with Gasteiger partial charge in [0.05, 0.1) is 40.8 Å². The Morgan fingerprint density at radius 2 is 1.15 bits per heavy atom. The van der Waals surface area contributed by atoms with Gasteiger partial charge in [-0.3, -0.25) is 14.6 Å². The topological polar surface area (TPSA) is 157 Å². The molecule has 0 radical (unpaired) electrons. The van der Waals surface area contributed by atoms with E-state index in [0.717, 1.165) is 93.1 Å². The lowest BCUT2D eigenvalue weighted by Gasteiger charge is -2.46. The average Bonchev–Trinajstić information content (AvgIpc) is 1.80. The lowest BCUT2D eigenvalue weighted by atomic mass is 9.77. The second-order valence-corrected chi connectivity index (χ2v) is 23.8. The number of hydrogen-bond acceptors (Lipinski definition) is 11. The van der Waals surface area contributed by atoms with E-state index in [1.54, 1.807) is 11.1 Å². The van der Waals surface area contributed by atoms with Crippen LogP contribution in [-0.2, 0) is 26.4 Å². The molecule has 418 valence electrons. The molecule has 2 spiro atoms. The summed E-state index contributed by atoms with van der Waals surface area (Å²) in [5.74, 6) is 1.44. The number of carbonyl (C=O) groups is 3. The molecule has 5 aromatic carbocycles. The Labute approximate surface area is 479 Å². The number of rotatable bonds is 12. The number of amides is 3. The summed E-state index contributed by atoms with van der Waals surface area (Å²) < 4.78 is 19.3. The predicted octanol–water partition coefficient (Wildman–Crippen LogP) is 11.2. The number of nitrogens with one attached hydrogen (secondary N) is 1. The van der Waals surface area contributed by atoms with E-state index in [1.807, 2.05) is 113 Å². The number of likely N-dealkylation sites (tertiary alicyclic amines) is 1. The number of fused-ring (bicyclic) bond motifs is 2. The molecule has 8 heterocycles. The minimum absolute atomic E-state index is 0.0117. The van der Waals surface area contributed by atoms with Crippen LogP contribution in [0.1, 0.15) is 94.7 Å². The van der Waals surface area contributed by atoms with E-state index in [1.165, 1.54) is 5.56 Å². The van der Waals surface area contributed by atoms with Gasteiger partial charge < -0.3 is 34.2 Å². The number of carbonyl (C=O) groups excluding carboxylic acids is 3. The van der Waals surface area contributed by atoms with Crippen LogP contribution in [-0.4, -0.2) is 105 Å². The summed E-state index contributed by atoms with van der Waals surface area (Å²) >= 11 is 0. The molecule has 4 fully saturated rings. The van der Waals surface area contributed by atoms with E-state index in [0.29, 0.717) is 44.4 Å². The smallest absolute Gasteiger partial charge is 0.410 e. The maximum Gasteiger partial charge on any atom is 0.410 e. The van der Waals surface area contributed by atoms with Crippen molar-refractivity contribution in [3.05, 3.63) is 197 Å². The number of pyridine rings is 2. The average molecular weight is 1100 g/mol. The highest BCUT2D eigenvalue weighted by Crippen LogP contribution is 2.47. The fraction of sp³-hybridized carbons (Fsp3) is 0.328. The number of benzene rings is 5. The molecule has 0 unspecified atom stereocenters. The van der Waals surface area contributed by atoms with Crippen molar-refractivity contribution in [1.29, 1.82) is 0 Å². The van der Waals surface area contributed by atoms with Gasteiger partial charge in [0.1, 0.15) is 16.8 Å². The molecular weight excluding hydrogens is 1030 g/mol. The molecule has 0 aliphatic carbocycles. The second kappa shape index (κ2) is 21.3. The van der Waals surface area contributed by atoms with Gasteiger partial charge in [-0.2, -0.15) is 5.10 Å². The fourth-order valence-electron chi connectivity index (χ4n) is 12.2. The third-order valence-corrected chi connectivity index (χ3v) is 16.3. The van der Waals surface area contributed by atoms with Gasteiger partial charge in [-0.15, -0.1) is 0 Å². The summed E-state index contributed by atoms with van der Waals surface area (Å²) in [5, 5.41) is 9.66. The molecule has 8 aromatic rings. The Bertz CT molecular complexity index is 3600. The third-order valence-electron chi connectivity index (χ3n) is 16.3. The van der Waals surface area contributed by atoms with Gasteiger partial charge in [0, 0.05) is 97.2 Å². The van der Waals surface area contributed by atoms with Crippen molar-refractivity contribution < 1.29 is 28.6 Å². The molecule has 5 aliphatic heterocycles. The molecule has 5 aliphatic rings. The molecule has 82 heavy (non-hydrogen) atoms. The van der Waals surface area contributed by atoms with Gasteiger partial charge in [-0.25, -0.2) is 19.4 Å². The largest absolute Gasteiger partial charge is 0.475 e. The zero-order valence-corrected chi connectivity index (χ0v) is 47.6. The van der Waals surface area contributed by atoms with Crippen LogP contribution in [0.2, 0.25) is 0 Å². The predicted molar refractivity (Wildman–Crippen MR) is 319 cm³/mol. The highest BCUT2D eigenvalue weighted by Gasteiger charge is 2.57. The van der Waals surface area contributed by atoms with Crippen molar-refractivity contribution in [2.45, 2.75) is 91.2 Å². The lowest BCUT2D eigenvalue weighted by molar-refractivity contribution is -0.134. The standard InChI is InChI=1S/C45H45N5O4.C22H24N4O2/c1-31(2)53-39-24-21-32(28-46-39)40-37-27-36(49-26-25-44(41(49)51)29-48(30-44)42(52)54-43(3,4)5)22-23-38(37)50(47-40)45(33-15-9-6-10-16-33,34-17-11-7-12-18-34)35-19-13-8-14-20-35;1-14(2)28-19-6-4-16(11-24-19)20-18-9-17(5-3-15(18)10-25-20)26-8-7-22(21(26)27)12-23-13-22/h6-24,27-28,31H,25-26,29-30H2,1-5H3;3-6,9,11,14,23H,7-8,10,12-13H2,1-2H3. The third kappa shape index (κ3) is 9.84. The molecule has 0 atom stereocenters. The summed E-state index contributed by atoms with van der Waals surface area (Å²) in [7, 11) is 0. The Morgan fingerprint density at radius 3 is 1.65 bits per heavy atom. The number of hydrogen-bond donors (Lipinski definition) is 1. The van der Waals surface area contributed by atoms with E-state index in [-0.39, 0.29) is 35.5 Å². The van der Waals surface area contributed by atoms with Crippen molar-refractivity contribution in [1.82, 2.24) is 30.0 Å². The van der Waals surface area contributed by atoms with Gasteiger partial charge >= 0.3 is 6.09 Å². The van der Waals surface area contributed by atoms with Crippen molar-refractivity contribution in [3.63, 3.8) is 0 Å². The van der Waals surface area contributed by atoms with Crippen LogP contribution >= 0.6 is 0 Å². The minimum Gasteiger partial charge on any atom is -0.475 e. The SMILES string of the molecule is CC(C)Oc1ccc(-c2nn(C(c3ccccc3)(c3ccccc3)c3ccccc3)c3ccc(N4CCC5(CN(C(=O)OC(C)(C)C)C5)C4=O)cc23)cn1.CC(C)Oc1ccc(C2=NCc3ccc(N4CCC5(CNC5)C4=O)cc32)cn1. The first-order valence-electron chi connectivity index (χ1n) is 28.5. The number of ether oxygens (including phenoxy) is 3. The van der Waals surface area contributed by atoms with Crippen LogP contribution < -0.4 is 24.6 Å². The lowest BCUT2D eigenvalue weighted by Crippen LogP contribution is -2.62. The Balaban J connectivity index is 0.000000198. The van der Waals surface area contributed by atoms with Crippen LogP contribution in [0.4, 0.5) is 16.2 Å². The van der Waals surface area contributed by atoms with Crippen LogP contribution in [0.25, 0.3) is 22.2 Å². The molecule has 1 N–H and O–H groups in total. The van der Waals surface area contributed by atoms with E-state index in [2.05, 4.69) is 123 Å². The molecule has 15 heteroatoms. The van der Waals surface area contributed by atoms with Crippen molar-refractivity contribution in [2.75, 3.05) is 49.1 Å². The molecule has 13 rings (SSSR count). The van der Waals surface area contributed by atoms with Gasteiger partial charge in [0.2, 0.25) is 23.6 Å². The summed E-state index contributed by atoms with van der Waals surface area (Å²) in [4.78, 5) is 59.1. The highest BCUT2D eigenvalue weighted by atomic mass is 16.6. The summed E-state index contributed by atoms with van der Waals surface area (Å²) in [6.45, 7) is 17.8. The molecule has 4 saturated heterocycles. The molecule has 0 saturated carbocycles. The quantitative estimate of drug-likeness (QED) is 0.117. The number of aromatic nitrogens is 4. The van der Waals surface area contributed by atoms with Gasteiger partial charge in [-0.05, 0) is 126 Å². The van der Waals surface area contributed by atoms with Crippen molar-refractivity contribution in [3.8, 4) is 23.0 Å². The Hall–Kier alpha value is -8.69. The summed E-state index contributed by atoms with van der Waals surface area (Å²) in [6.07, 6.45) is 4.92. The van der Waals surface area contributed by atoms with Crippen LogP contribution in [0.15, 0.2) is 169 Å². The van der Waals surface area contributed by atoms with Crippen LogP contribution in [0.3, 0.4) is 0 Å². The fourth-order valence-corrected chi connectivity index (χ4v) is 12.2. The van der Waals surface area contributed by atoms with E-state index in [4.69, 9.17) is 24.3 Å². The zero-order chi connectivity index (χ0) is 57.0. The van der Waals surface area contributed by atoms with Gasteiger partial charge in [0.25, 0.3) is 0 Å². The first kappa shape index (κ1) is 53.9. The van der Waals surface area contributed by atoms with Crippen molar-refractivity contribution in [2.24, 2.45) is 15.8 Å². The van der Waals surface area contributed by atoms with E-state index < -0.39 is 16.6 Å². The number of aliphatic imine (C=N–C) groups is 1. The van der Waals surface area contributed by atoms with Crippen molar-refractivity contribution >= 4 is 45.9 Å². The minimum atomic E-state index is -0.861. The monoisotopic (exact) mass is 1100 g/mol. The molecule has 15 nitrogen and oxygen atoms in total. The maximum atomic E-state index is 14.2. The molecule has 0 bridgehead atoms. The van der Waals surface area contributed by atoms with Gasteiger partial charge in [0.15, 0.2) is 0 Å². The summed E-state index contributed by atoms with van der Waals surface area (Å²) in [6, 6.07) is 51.6. The normalized spacial score (nSPS) is 17.0. The molecular formula is C67H69N9O6. The van der Waals surface area contributed by atoms with E-state index in [9.17, 15) is 14.4 Å². The maximum absolute atomic E-state index is 14.2. The first-order chi connectivity index (χ1) is 39.5. The van der Waals surface area contributed by atoms with Gasteiger partial charge in [-0.1, -0.05) is 97.1 Å². The summed E-state index contributed by atoms with van der Waals surface area (Å²) in [5.41, 5.74) is 9.32. The van der Waals surface area contributed by atoms with Crippen LogP contribution in [0, 0.1) is 10.8 Å². The highest BCUT2D eigenvalue weighted by molar-refractivity contribution is 6.16. The number of nitrogens with zero attached hydrogens (tertiary/aromatic N) is 8. The van der Waals surface area contributed by atoms with E-state index >= 15 is 0 Å². The number of anilines is 2. The molecule has 3 amide bonds.